The molecule has 2 amide bonds. The Hall–Kier alpha value is -2.24. The van der Waals surface area contributed by atoms with Gasteiger partial charge < -0.3 is 20.1 Å². The number of hydrogen-bond acceptors (Lipinski definition) is 4. The van der Waals surface area contributed by atoms with Crippen LogP contribution in [0.25, 0.3) is 0 Å². The Labute approximate surface area is 137 Å². The number of ether oxygens (including phenoxy) is 2. The summed E-state index contributed by atoms with van der Waals surface area (Å²) in [6.07, 6.45) is 1.75. The number of benzene rings is 1. The third kappa shape index (κ3) is 6.59. The van der Waals surface area contributed by atoms with Crippen LogP contribution in [0.5, 0.6) is 11.5 Å². The molecule has 6 heteroatoms. The van der Waals surface area contributed by atoms with Crippen molar-refractivity contribution in [1.29, 1.82) is 0 Å². The zero-order valence-corrected chi connectivity index (χ0v) is 14.1. The highest BCUT2D eigenvalue weighted by atomic mass is 16.5. The summed E-state index contributed by atoms with van der Waals surface area (Å²) >= 11 is 0. The van der Waals surface area contributed by atoms with Crippen molar-refractivity contribution in [2.24, 2.45) is 0 Å². The maximum atomic E-state index is 12.1. The quantitative estimate of drug-likeness (QED) is 0.692. The van der Waals surface area contributed by atoms with Crippen molar-refractivity contribution in [1.82, 2.24) is 10.6 Å². The molecule has 23 heavy (non-hydrogen) atoms. The second-order valence-electron chi connectivity index (χ2n) is 4.99. The van der Waals surface area contributed by atoms with Crippen molar-refractivity contribution in [2.45, 2.75) is 33.6 Å². The van der Waals surface area contributed by atoms with Crippen LogP contribution in [0.3, 0.4) is 0 Å². The van der Waals surface area contributed by atoms with Gasteiger partial charge in [0, 0.05) is 12.1 Å². The lowest BCUT2D eigenvalue weighted by Crippen LogP contribution is -2.36. The van der Waals surface area contributed by atoms with Gasteiger partial charge in [0.15, 0.2) is 11.5 Å². The van der Waals surface area contributed by atoms with E-state index in [0.717, 1.165) is 12.8 Å². The summed E-state index contributed by atoms with van der Waals surface area (Å²) in [6, 6.07) is 5.03. The Morgan fingerprint density at radius 3 is 2.22 bits per heavy atom. The number of rotatable bonds is 10. The molecule has 0 unspecified atom stereocenters. The number of nitrogens with one attached hydrogen (secondary N) is 2. The van der Waals surface area contributed by atoms with Crippen LogP contribution in [-0.4, -0.2) is 38.1 Å². The fourth-order valence-corrected chi connectivity index (χ4v) is 1.83. The van der Waals surface area contributed by atoms with Gasteiger partial charge in [0.2, 0.25) is 5.91 Å². The van der Waals surface area contributed by atoms with Crippen LogP contribution in [0.4, 0.5) is 0 Å². The normalized spacial score (nSPS) is 10.0. The molecule has 1 aromatic rings. The average molecular weight is 322 g/mol. The van der Waals surface area contributed by atoms with Crippen LogP contribution in [-0.2, 0) is 4.79 Å². The Morgan fingerprint density at radius 2 is 1.61 bits per heavy atom. The van der Waals surface area contributed by atoms with Gasteiger partial charge in [-0.3, -0.25) is 9.59 Å². The topological polar surface area (TPSA) is 76.7 Å². The minimum absolute atomic E-state index is 0.0497. The first-order valence-corrected chi connectivity index (χ1v) is 8.06. The molecule has 0 aliphatic carbocycles. The highest BCUT2D eigenvalue weighted by molar-refractivity contribution is 5.97. The molecule has 0 aliphatic heterocycles. The van der Waals surface area contributed by atoms with E-state index in [4.69, 9.17) is 9.47 Å². The molecule has 0 spiro atoms. The molecule has 2 N–H and O–H groups in total. The van der Waals surface area contributed by atoms with Gasteiger partial charge in [0.1, 0.15) is 0 Å². The smallest absolute Gasteiger partial charge is 0.251 e. The number of amides is 2. The lowest BCUT2D eigenvalue weighted by Gasteiger charge is -2.13. The lowest BCUT2D eigenvalue weighted by atomic mass is 10.2. The molecular weight excluding hydrogens is 296 g/mol. The number of likely N-dealkylation sites (N-methyl/N-ethyl adjacent to an activating group) is 1. The molecule has 1 aromatic carbocycles. The minimum atomic E-state index is -0.320. The summed E-state index contributed by atoms with van der Waals surface area (Å²) < 4.78 is 11.3. The molecular formula is C17H26N2O4. The molecule has 0 fully saturated rings. The van der Waals surface area contributed by atoms with Gasteiger partial charge >= 0.3 is 0 Å². The highest BCUT2D eigenvalue weighted by Crippen LogP contribution is 2.28. The Balaban J connectivity index is 2.77. The third-order valence-corrected chi connectivity index (χ3v) is 2.91. The minimum Gasteiger partial charge on any atom is -0.490 e. The molecule has 0 atom stereocenters. The molecule has 1 rings (SSSR count). The second-order valence-corrected chi connectivity index (χ2v) is 4.99. The number of carbonyl (C=O) groups excluding carboxylic acids is 2. The maximum absolute atomic E-state index is 12.1. The molecule has 0 bridgehead atoms. The molecule has 128 valence electrons. The fraction of sp³-hybridized carbons (Fsp3) is 0.529. The van der Waals surface area contributed by atoms with Gasteiger partial charge in [-0.1, -0.05) is 13.8 Å². The Morgan fingerprint density at radius 1 is 0.957 bits per heavy atom. The summed E-state index contributed by atoms with van der Waals surface area (Å²) in [5, 5.41) is 5.21. The summed E-state index contributed by atoms with van der Waals surface area (Å²) in [6.45, 7) is 7.48. The van der Waals surface area contributed by atoms with Crippen LogP contribution >= 0.6 is 0 Å². The molecule has 0 aromatic heterocycles. The van der Waals surface area contributed by atoms with E-state index < -0.39 is 0 Å². The second kappa shape index (κ2) is 10.5. The van der Waals surface area contributed by atoms with Crippen LogP contribution in [0.1, 0.15) is 44.0 Å². The van der Waals surface area contributed by atoms with Crippen LogP contribution in [0, 0.1) is 0 Å². The van der Waals surface area contributed by atoms with Gasteiger partial charge in [-0.25, -0.2) is 0 Å². The Kier molecular flexibility index (Phi) is 8.57. The first-order chi connectivity index (χ1) is 11.1. The standard InChI is InChI=1S/C17H26N2O4/c1-4-9-22-14-8-7-13(11-15(14)23-10-5-2)17(21)19-12-16(20)18-6-3/h7-8,11H,4-6,9-10,12H2,1-3H3,(H,18,20)(H,19,21). The van der Waals surface area contributed by atoms with E-state index in [9.17, 15) is 9.59 Å². The molecule has 0 radical (unpaired) electrons. The highest BCUT2D eigenvalue weighted by Gasteiger charge is 2.12. The van der Waals surface area contributed by atoms with E-state index in [0.29, 0.717) is 36.8 Å². The molecule has 0 saturated heterocycles. The van der Waals surface area contributed by atoms with Crippen molar-refractivity contribution in [3.63, 3.8) is 0 Å². The summed E-state index contributed by atoms with van der Waals surface area (Å²) in [5.41, 5.74) is 0.434. The van der Waals surface area contributed by atoms with E-state index in [1.165, 1.54) is 0 Å². The van der Waals surface area contributed by atoms with E-state index >= 15 is 0 Å². The SMILES string of the molecule is CCCOc1ccc(C(=O)NCC(=O)NCC)cc1OCCC. The summed E-state index contributed by atoms with van der Waals surface area (Å²) in [5.74, 6) is 0.636. The van der Waals surface area contributed by atoms with Crippen molar-refractivity contribution in [3.8, 4) is 11.5 Å². The van der Waals surface area contributed by atoms with Gasteiger partial charge in [-0.15, -0.1) is 0 Å². The number of carbonyl (C=O) groups is 2. The van der Waals surface area contributed by atoms with Gasteiger partial charge in [0.05, 0.1) is 19.8 Å². The average Bonchev–Trinajstić information content (AvgIpc) is 2.56. The van der Waals surface area contributed by atoms with Crippen LogP contribution < -0.4 is 20.1 Å². The first-order valence-electron chi connectivity index (χ1n) is 8.06. The predicted molar refractivity (Wildman–Crippen MR) is 89.0 cm³/mol. The molecule has 6 nitrogen and oxygen atoms in total. The van der Waals surface area contributed by atoms with E-state index in [1.54, 1.807) is 18.2 Å². The molecule has 0 heterocycles. The first kappa shape index (κ1) is 18.8. The predicted octanol–water partition coefficient (Wildman–Crippen LogP) is 2.13. The van der Waals surface area contributed by atoms with Crippen molar-refractivity contribution in [3.05, 3.63) is 23.8 Å². The van der Waals surface area contributed by atoms with Crippen molar-refractivity contribution in [2.75, 3.05) is 26.3 Å². The van der Waals surface area contributed by atoms with Crippen molar-refractivity contribution < 1.29 is 19.1 Å². The fourth-order valence-electron chi connectivity index (χ4n) is 1.83. The van der Waals surface area contributed by atoms with Gasteiger partial charge in [-0.2, -0.15) is 0 Å². The summed E-state index contributed by atoms with van der Waals surface area (Å²) in [7, 11) is 0. The summed E-state index contributed by atoms with van der Waals surface area (Å²) in [4.78, 5) is 23.5. The third-order valence-electron chi connectivity index (χ3n) is 2.91. The van der Waals surface area contributed by atoms with Crippen LogP contribution in [0.15, 0.2) is 18.2 Å². The molecule has 0 saturated carbocycles. The van der Waals surface area contributed by atoms with E-state index in [-0.39, 0.29) is 18.4 Å². The zero-order chi connectivity index (χ0) is 17.1. The maximum Gasteiger partial charge on any atom is 0.251 e. The number of hydrogen-bond donors (Lipinski definition) is 2. The molecule has 0 aliphatic rings. The van der Waals surface area contributed by atoms with Gasteiger partial charge in [-0.05, 0) is 38.0 Å². The van der Waals surface area contributed by atoms with E-state index in [1.807, 2.05) is 20.8 Å². The van der Waals surface area contributed by atoms with E-state index in [2.05, 4.69) is 10.6 Å². The lowest BCUT2D eigenvalue weighted by molar-refractivity contribution is -0.120. The van der Waals surface area contributed by atoms with Gasteiger partial charge in [0.25, 0.3) is 5.91 Å². The van der Waals surface area contributed by atoms with Crippen LogP contribution in [0.2, 0.25) is 0 Å². The Bertz CT molecular complexity index is 517. The zero-order valence-electron chi connectivity index (χ0n) is 14.1. The largest absolute Gasteiger partial charge is 0.490 e. The monoisotopic (exact) mass is 322 g/mol. The van der Waals surface area contributed by atoms with Crippen molar-refractivity contribution >= 4 is 11.8 Å².